The van der Waals surface area contributed by atoms with Gasteiger partial charge in [-0.3, -0.25) is 0 Å². The molecule has 0 atom stereocenters. The number of benzene rings is 2. The standard InChI is InChI=1S/C21H28N2O/c1-5-7-16-8-13-19(20(24)15-16)23-22-18-11-9-17(10-12-18)21(3,4)14-6-2/h8-13,15,24H,5-7,14H2,1-4H3/b23-22+. The summed E-state index contributed by atoms with van der Waals surface area (Å²) in [5, 5.41) is 18.5. The van der Waals surface area contributed by atoms with Crippen LogP contribution in [0.2, 0.25) is 0 Å². The average Bonchev–Trinajstić information content (AvgIpc) is 2.55. The highest BCUT2D eigenvalue weighted by Crippen LogP contribution is 2.32. The summed E-state index contributed by atoms with van der Waals surface area (Å²) < 4.78 is 0. The minimum Gasteiger partial charge on any atom is -0.506 e. The van der Waals surface area contributed by atoms with Gasteiger partial charge in [-0.25, -0.2) is 0 Å². The van der Waals surface area contributed by atoms with Gasteiger partial charge in [0.15, 0.2) is 0 Å². The van der Waals surface area contributed by atoms with Gasteiger partial charge in [0.1, 0.15) is 11.4 Å². The molecule has 128 valence electrons. The predicted octanol–water partition coefficient (Wildman–Crippen LogP) is 6.84. The fraction of sp³-hybridized carbons (Fsp3) is 0.429. The Morgan fingerprint density at radius 1 is 0.917 bits per heavy atom. The van der Waals surface area contributed by atoms with Crippen molar-refractivity contribution in [1.82, 2.24) is 0 Å². The molecule has 0 saturated heterocycles. The van der Waals surface area contributed by atoms with Gasteiger partial charge < -0.3 is 5.11 Å². The summed E-state index contributed by atoms with van der Waals surface area (Å²) in [7, 11) is 0. The number of aryl methyl sites for hydroxylation is 1. The Morgan fingerprint density at radius 3 is 2.21 bits per heavy atom. The first kappa shape index (κ1) is 18.2. The van der Waals surface area contributed by atoms with Crippen LogP contribution in [0.1, 0.15) is 58.1 Å². The molecular weight excluding hydrogens is 296 g/mol. The van der Waals surface area contributed by atoms with Gasteiger partial charge >= 0.3 is 0 Å². The van der Waals surface area contributed by atoms with Gasteiger partial charge in [0.05, 0.1) is 5.69 Å². The molecule has 1 N–H and O–H groups in total. The summed E-state index contributed by atoms with van der Waals surface area (Å²) in [6.07, 6.45) is 4.34. The number of hydrogen-bond acceptors (Lipinski definition) is 3. The second-order valence-corrected chi connectivity index (χ2v) is 6.95. The lowest BCUT2D eigenvalue weighted by atomic mass is 9.81. The average molecular weight is 324 g/mol. The van der Waals surface area contributed by atoms with E-state index in [4.69, 9.17) is 0 Å². The van der Waals surface area contributed by atoms with Gasteiger partial charge in [-0.15, -0.1) is 5.11 Å². The van der Waals surface area contributed by atoms with E-state index in [0.29, 0.717) is 5.69 Å². The van der Waals surface area contributed by atoms with Crippen molar-refractivity contribution >= 4 is 11.4 Å². The maximum absolute atomic E-state index is 10.1. The Labute approximate surface area is 145 Å². The van der Waals surface area contributed by atoms with Gasteiger partial charge in [-0.05, 0) is 53.6 Å². The first-order valence-electron chi connectivity index (χ1n) is 8.80. The molecule has 0 bridgehead atoms. The maximum Gasteiger partial charge on any atom is 0.143 e. The van der Waals surface area contributed by atoms with Crippen LogP contribution in [-0.4, -0.2) is 5.11 Å². The Bertz CT molecular complexity index is 687. The first-order valence-corrected chi connectivity index (χ1v) is 8.80. The highest BCUT2D eigenvalue weighted by Gasteiger charge is 2.18. The molecule has 24 heavy (non-hydrogen) atoms. The van der Waals surface area contributed by atoms with E-state index >= 15 is 0 Å². The number of aromatic hydroxyl groups is 1. The molecule has 0 unspecified atom stereocenters. The zero-order valence-electron chi connectivity index (χ0n) is 15.2. The number of azo groups is 1. The van der Waals surface area contributed by atoms with Crippen LogP contribution >= 0.6 is 0 Å². The normalized spacial score (nSPS) is 12.0. The van der Waals surface area contributed by atoms with Crippen LogP contribution in [0, 0.1) is 0 Å². The highest BCUT2D eigenvalue weighted by molar-refractivity contribution is 5.52. The Balaban J connectivity index is 2.12. The van der Waals surface area contributed by atoms with Crippen LogP contribution in [-0.2, 0) is 11.8 Å². The molecule has 0 fully saturated rings. The smallest absolute Gasteiger partial charge is 0.143 e. The van der Waals surface area contributed by atoms with Gasteiger partial charge in [0, 0.05) is 0 Å². The lowest BCUT2D eigenvalue weighted by Gasteiger charge is -2.24. The van der Waals surface area contributed by atoms with Gasteiger partial charge in [0.2, 0.25) is 0 Å². The number of hydrogen-bond donors (Lipinski definition) is 1. The van der Waals surface area contributed by atoms with Crippen LogP contribution < -0.4 is 0 Å². The number of phenolic OH excluding ortho intramolecular Hbond substituents is 1. The molecule has 2 aromatic rings. The molecule has 3 heteroatoms. The fourth-order valence-electron chi connectivity index (χ4n) is 2.96. The van der Waals surface area contributed by atoms with Crippen LogP contribution in [0.25, 0.3) is 0 Å². The maximum atomic E-state index is 10.1. The molecule has 0 spiro atoms. The highest BCUT2D eigenvalue weighted by atomic mass is 16.3. The molecule has 0 heterocycles. The molecule has 0 aliphatic carbocycles. The molecule has 0 radical (unpaired) electrons. The molecule has 0 amide bonds. The lowest BCUT2D eigenvalue weighted by Crippen LogP contribution is -2.16. The molecule has 0 saturated carbocycles. The summed E-state index contributed by atoms with van der Waals surface area (Å²) >= 11 is 0. The van der Waals surface area contributed by atoms with Crippen LogP contribution in [0.3, 0.4) is 0 Å². The van der Waals surface area contributed by atoms with E-state index in [9.17, 15) is 5.11 Å². The van der Waals surface area contributed by atoms with Crippen molar-refractivity contribution in [2.45, 2.75) is 58.8 Å². The van der Waals surface area contributed by atoms with Crippen LogP contribution in [0.4, 0.5) is 11.4 Å². The third-order valence-corrected chi connectivity index (χ3v) is 4.38. The summed E-state index contributed by atoms with van der Waals surface area (Å²) in [5.41, 5.74) is 3.91. The summed E-state index contributed by atoms with van der Waals surface area (Å²) in [6.45, 7) is 8.87. The summed E-state index contributed by atoms with van der Waals surface area (Å²) in [5.74, 6) is 0.186. The van der Waals surface area contributed by atoms with Crippen LogP contribution in [0.15, 0.2) is 52.7 Å². The molecule has 0 aromatic heterocycles. The summed E-state index contributed by atoms with van der Waals surface area (Å²) in [4.78, 5) is 0. The van der Waals surface area contributed by atoms with E-state index in [0.717, 1.165) is 30.5 Å². The SMILES string of the molecule is CCCc1ccc(/N=N/c2ccc(C(C)(C)CCC)cc2)c(O)c1. The summed E-state index contributed by atoms with van der Waals surface area (Å²) in [6, 6.07) is 13.8. The molecule has 0 aliphatic rings. The van der Waals surface area contributed by atoms with E-state index in [1.54, 1.807) is 6.07 Å². The van der Waals surface area contributed by atoms with Crippen molar-refractivity contribution in [2.75, 3.05) is 0 Å². The topological polar surface area (TPSA) is 45.0 Å². The van der Waals surface area contributed by atoms with Gasteiger partial charge in [-0.1, -0.05) is 58.7 Å². The first-order chi connectivity index (χ1) is 11.5. The Morgan fingerprint density at radius 2 is 1.62 bits per heavy atom. The lowest BCUT2D eigenvalue weighted by molar-refractivity contribution is 0.473. The second-order valence-electron chi connectivity index (χ2n) is 6.95. The zero-order chi connectivity index (χ0) is 17.6. The molecule has 3 nitrogen and oxygen atoms in total. The number of rotatable bonds is 7. The van der Waals surface area contributed by atoms with Crippen molar-refractivity contribution in [3.63, 3.8) is 0 Å². The van der Waals surface area contributed by atoms with E-state index in [1.807, 2.05) is 24.3 Å². The number of phenols is 1. The third-order valence-electron chi connectivity index (χ3n) is 4.38. The Kier molecular flexibility index (Phi) is 6.13. The van der Waals surface area contributed by atoms with Crippen molar-refractivity contribution in [2.24, 2.45) is 10.2 Å². The predicted molar refractivity (Wildman–Crippen MR) is 101 cm³/mol. The minimum absolute atomic E-state index is 0.178. The van der Waals surface area contributed by atoms with Crippen molar-refractivity contribution in [3.05, 3.63) is 53.6 Å². The van der Waals surface area contributed by atoms with Crippen molar-refractivity contribution in [1.29, 1.82) is 0 Å². The van der Waals surface area contributed by atoms with E-state index in [1.165, 1.54) is 12.0 Å². The fourth-order valence-corrected chi connectivity index (χ4v) is 2.96. The van der Waals surface area contributed by atoms with E-state index < -0.39 is 0 Å². The largest absolute Gasteiger partial charge is 0.506 e. The molecule has 2 aromatic carbocycles. The van der Waals surface area contributed by atoms with Crippen LogP contribution in [0.5, 0.6) is 5.75 Å². The molecule has 2 rings (SSSR count). The van der Waals surface area contributed by atoms with E-state index in [2.05, 4.69) is 50.1 Å². The van der Waals surface area contributed by atoms with Gasteiger partial charge in [0.25, 0.3) is 0 Å². The monoisotopic (exact) mass is 324 g/mol. The van der Waals surface area contributed by atoms with E-state index in [-0.39, 0.29) is 11.2 Å². The minimum atomic E-state index is 0.178. The number of nitrogens with zero attached hydrogens (tertiary/aromatic N) is 2. The van der Waals surface area contributed by atoms with Crippen molar-refractivity contribution in [3.8, 4) is 5.75 Å². The quantitative estimate of drug-likeness (QED) is 0.557. The van der Waals surface area contributed by atoms with Crippen molar-refractivity contribution < 1.29 is 5.11 Å². The molecular formula is C21H28N2O. The molecule has 0 aliphatic heterocycles. The zero-order valence-corrected chi connectivity index (χ0v) is 15.2. The Hall–Kier alpha value is -2.16. The second kappa shape index (κ2) is 8.09. The third kappa shape index (κ3) is 4.67. The van der Waals surface area contributed by atoms with Gasteiger partial charge in [-0.2, -0.15) is 5.11 Å².